The second-order valence-corrected chi connectivity index (χ2v) is 3.60. The lowest BCUT2D eigenvalue weighted by Gasteiger charge is -2.05. The van der Waals surface area contributed by atoms with Crippen molar-refractivity contribution in [3.63, 3.8) is 0 Å². The number of carbonyl (C=O) groups is 1. The lowest BCUT2D eigenvalue weighted by molar-refractivity contribution is 0.0523. The average Bonchev–Trinajstić information content (AvgIpc) is 2.17. The fourth-order valence-corrected chi connectivity index (χ4v) is 1.51. The lowest BCUT2D eigenvalue weighted by Crippen LogP contribution is -2.20. The molecule has 0 aliphatic carbocycles. The van der Waals surface area contributed by atoms with Crippen LogP contribution >= 0.6 is 15.9 Å². The number of ether oxygens (including phenoxy) is 1. The summed E-state index contributed by atoms with van der Waals surface area (Å²) < 4.78 is 29.4. The van der Waals surface area contributed by atoms with Crippen molar-refractivity contribution in [2.75, 3.05) is 6.61 Å². The number of carbonyl (C=O) groups excluding carboxylic acids is 1. The number of alkyl halides is 2. The van der Waals surface area contributed by atoms with Crippen molar-refractivity contribution in [3.05, 3.63) is 32.2 Å². The third-order valence-corrected chi connectivity index (χ3v) is 2.41. The first kappa shape index (κ1) is 12.8. The summed E-state index contributed by atoms with van der Waals surface area (Å²) in [5.74, 6) is -0.918. The van der Waals surface area contributed by atoms with Crippen LogP contribution in [0.15, 0.2) is 15.5 Å². The van der Waals surface area contributed by atoms with Crippen molar-refractivity contribution < 1.29 is 18.3 Å². The van der Waals surface area contributed by atoms with Crippen LogP contribution in [-0.4, -0.2) is 17.6 Å². The molecule has 1 heterocycles. The molecule has 0 aromatic carbocycles. The molecule has 0 fully saturated rings. The molecule has 1 aromatic rings. The minimum atomic E-state index is -2.79. The maximum absolute atomic E-state index is 12.5. The van der Waals surface area contributed by atoms with E-state index in [0.717, 1.165) is 6.07 Å². The van der Waals surface area contributed by atoms with E-state index in [4.69, 9.17) is 0 Å². The molecule has 1 N–H and O–H groups in total. The number of H-pyrrole nitrogens is 1. The van der Waals surface area contributed by atoms with Crippen LogP contribution in [-0.2, 0) is 4.74 Å². The first-order valence-electron chi connectivity index (χ1n) is 4.35. The summed E-state index contributed by atoms with van der Waals surface area (Å²) >= 11 is 2.78. The maximum atomic E-state index is 12.5. The van der Waals surface area contributed by atoms with Gasteiger partial charge < -0.3 is 9.72 Å². The highest BCUT2D eigenvalue weighted by atomic mass is 79.9. The largest absolute Gasteiger partial charge is 0.462 e. The van der Waals surface area contributed by atoms with Crippen LogP contribution in [0.1, 0.15) is 29.3 Å². The lowest BCUT2D eigenvalue weighted by atomic mass is 10.2. The number of halogens is 3. The highest BCUT2D eigenvalue weighted by Gasteiger charge is 2.19. The molecule has 0 radical (unpaired) electrons. The summed E-state index contributed by atoms with van der Waals surface area (Å²) in [7, 11) is 0. The summed E-state index contributed by atoms with van der Waals surface area (Å²) in [6, 6.07) is 0.825. The zero-order valence-corrected chi connectivity index (χ0v) is 9.81. The Balaban J connectivity index is 3.25. The van der Waals surface area contributed by atoms with Gasteiger partial charge >= 0.3 is 5.97 Å². The number of rotatable bonds is 3. The van der Waals surface area contributed by atoms with Crippen LogP contribution in [0.4, 0.5) is 8.78 Å². The van der Waals surface area contributed by atoms with Gasteiger partial charge in [-0.25, -0.2) is 13.6 Å². The van der Waals surface area contributed by atoms with Gasteiger partial charge in [0.2, 0.25) is 0 Å². The van der Waals surface area contributed by atoms with Crippen molar-refractivity contribution in [2.45, 2.75) is 13.3 Å². The Morgan fingerprint density at radius 3 is 2.75 bits per heavy atom. The molecular weight excluding hydrogens is 288 g/mol. The molecule has 1 rings (SSSR count). The molecule has 0 atom stereocenters. The zero-order valence-electron chi connectivity index (χ0n) is 8.22. The molecule has 0 saturated carbocycles. The predicted molar refractivity (Wildman–Crippen MR) is 55.7 cm³/mol. The van der Waals surface area contributed by atoms with E-state index in [2.05, 4.69) is 25.7 Å². The number of aromatic nitrogens is 1. The number of aromatic amines is 1. The summed E-state index contributed by atoms with van der Waals surface area (Å²) in [5.41, 5.74) is -1.65. The first-order valence-corrected chi connectivity index (χ1v) is 5.14. The molecule has 0 saturated heterocycles. The van der Waals surface area contributed by atoms with Crippen molar-refractivity contribution in [1.29, 1.82) is 0 Å². The molecule has 0 amide bonds. The van der Waals surface area contributed by atoms with Crippen molar-refractivity contribution in [3.8, 4) is 0 Å². The highest BCUT2D eigenvalue weighted by molar-refractivity contribution is 9.10. The van der Waals surface area contributed by atoms with Gasteiger partial charge in [-0.15, -0.1) is 0 Å². The van der Waals surface area contributed by atoms with Gasteiger partial charge in [0.05, 0.1) is 11.2 Å². The number of pyridine rings is 1. The predicted octanol–water partition coefficient (Wildman–Crippen LogP) is 2.25. The van der Waals surface area contributed by atoms with Crippen LogP contribution in [0.3, 0.4) is 0 Å². The molecule has 0 aliphatic rings. The molecule has 1 aromatic heterocycles. The Bertz CT molecular complexity index is 459. The summed E-state index contributed by atoms with van der Waals surface area (Å²) in [6.45, 7) is 1.62. The Kier molecular flexibility index (Phi) is 4.17. The quantitative estimate of drug-likeness (QED) is 0.687. The number of esters is 1. The summed E-state index contributed by atoms with van der Waals surface area (Å²) in [4.78, 5) is 24.7. The fourth-order valence-electron chi connectivity index (χ4n) is 1.04. The van der Waals surface area contributed by atoms with Gasteiger partial charge in [-0.3, -0.25) is 4.79 Å². The van der Waals surface area contributed by atoms with Crippen LogP contribution in [0.2, 0.25) is 0 Å². The van der Waals surface area contributed by atoms with E-state index in [-0.39, 0.29) is 11.2 Å². The van der Waals surface area contributed by atoms with Crippen LogP contribution in [0, 0.1) is 0 Å². The van der Waals surface area contributed by atoms with E-state index in [9.17, 15) is 18.4 Å². The molecule has 4 nitrogen and oxygen atoms in total. The second-order valence-electron chi connectivity index (χ2n) is 2.80. The fraction of sp³-hybridized carbons (Fsp3) is 0.333. The molecule has 0 unspecified atom stereocenters. The van der Waals surface area contributed by atoms with E-state index in [1.807, 2.05) is 0 Å². The molecule has 0 spiro atoms. The third kappa shape index (κ3) is 2.66. The second kappa shape index (κ2) is 5.20. The van der Waals surface area contributed by atoms with E-state index in [1.165, 1.54) is 0 Å². The number of hydrogen-bond acceptors (Lipinski definition) is 3. The maximum Gasteiger partial charge on any atom is 0.343 e. The van der Waals surface area contributed by atoms with Crippen LogP contribution in [0.25, 0.3) is 0 Å². The molecular formula is C9H8BrF2NO3. The molecule has 88 valence electrons. The van der Waals surface area contributed by atoms with Gasteiger partial charge in [0, 0.05) is 5.56 Å². The normalized spacial score (nSPS) is 10.6. The smallest absolute Gasteiger partial charge is 0.343 e. The SMILES string of the molecule is CCOC(=O)c1cc(C(F)F)c(Br)[nH]c1=O. The van der Waals surface area contributed by atoms with Gasteiger partial charge in [-0.2, -0.15) is 0 Å². The standard InChI is InChI=1S/C9H8BrF2NO3/c1-2-16-9(15)5-3-4(7(11)12)6(10)13-8(5)14/h3,7H,2H2,1H3,(H,13,14). The molecule has 0 aliphatic heterocycles. The average molecular weight is 296 g/mol. The topological polar surface area (TPSA) is 59.2 Å². The summed E-state index contributed by atoms with van der Waals surface area (Å²) in [6.07, 6.45) is -2.79. The van der Waals surface area contributed by atoms with E-state index in [1.54, 1.807) is 6.92 Å². The minimum absolute atomic E-state index is 0.0678. The number of nitrogens with one attached hydrogen (secondary N) is 1. The number of hydrogen-bond donors (Lipinski definition) is 1. The Morgan fingerprint density at radius 1 is 1.62 bits per heavy atom. The molecule has 16 heavy (non-hydrogen) atoms. The van der Waals surface area contributed by atoms with Crippen molar-refractivity contribution >= 4 is 21.9 Å². The zero-order chi connectivity index (χ0) is 12.3. The summed E-state index contributed by atoms with van der Waals surface area (Å²) in [5, 5.41) is 0. The Morgan fingerprint density at radius 2 is 2.25 bits per heavy atom. The minimum Gasteiger partial charge on any atom is -0.462 e. The Labute approximate surface area is 97.7 Å². The van der Waals surface area contributed by atoms with E-state index < -0.39 is 29.1 Å². The first-order chi connectivity index (χ1) is 7.47. The van der Waals surface area contributed by atoms with E-state index in [0.29, 0.717) is 0 Å². The van der Waals surface area contributed by atoms with Gasteiger partial charge in [-0.05, 0) is 28.9 Å². The third-order valence-electron chi connectivity index (χ3n) is 1.75. The van der Waals surface area contributed by atoms with Crippen LogP contribution < -0.4 is 5.56 Å². The van der Waals surface area contributed by atoms with Crippen LogP contribution in [0.5, 0.6) is 0 Å². The van der Waals surface area contributed by atoms with Gasteiger partial charge in [0.1, 0.15) is 5.56 Å². The van der Waals surface area contributed by atoms with E-state index >= 15 is 0 Å². The Hall–Kier alpha value is -1.24. The van der Waals surface area contributed by atoms with Crippen molar-refractivity contribution in [1.82, 2.24) is 4.98 Å². The van der Waals surface area contributed by atoms with Crippen molar-refractivity contribution in [2.24, 2.45) is 0 Å². The highest BCUT2D eigenvalue weighted by Crippen LogP contribution is 2.25. The van der Waals surface area contributed by atoms with Gasteiger partial charge in [0.15, 0.2) is 0 Å². The monoisotopic (exact) mass is 295 g/mol. The molecule has 0 bridgehead atoms. The van der Waals surface area contributed by atoms with Gasteiger partial charge in [0.25, 0.3) is 12.0 Å². The van der Waals surface area contributed by atoms with Gasteiger partial charge in [-0.1, -0.05) is 0 Å². The molecule has 7 heteroatoms.